The van der Waals surface area contributed by atoms with Crippen LogP contribution in [0, 0.1) is 0 Å². The lowest BCUT2D eigenvalue weighted by molar-refractivity contribution is 1.80. The highest BCUT2D eigenvalue weighted by Crippen LogP contribution is 2.04. The Labute approximate surface area is 49.3 Å². The third-order valence-corrected chi connectivity index (χ3v) is 13.5. The Morgan fingerprint density at radius 2 is 1.14 bits per heavy atom. The fourth-order valence-corrected chi connectivity index (χ4v) is 0. The second-order valence-electron chi connectivity index (χ2n) is 3.25. The maximum Gasteiger partial charge on any atom is 0.0354 e. The van der Waals surface area contributed by atoms with Gasteiger partial charge in [0.2, 0.25) is 0 Å². The van der Waals surface area contributed by atoms with Gasteiger partial charge in [-0.1, -0.05) is 32.7 Å². The van der Waals surface area contributed by atoms with Crippen molar-refractivity contribution in [3.63, 3.8) is 0 Å². The van der Waals surface area contributed by atoms with Crippen LogP contribution in [0.3, 0.4) is 0 Å². The molecule has 0 saturated heterocycles. The molecule has 0 aromatic rings. The van der Waals surface area contributed by atoms with E-state index in [4.69, 9.17) is 0 Å². The Balaban J connectivity index is 3.54. The molecular formula is C5H15Si2. The number of hydrogen-bond donors (Lipinski definition) is 0. The van der Waals surface area contributed by atoms with Crippen molar-refractivity contribution < 1.29 is 0 Å². The van der Waals surface area contributed by atoms with E-state index in [9.17, 15) is 0 Å². The first-order chi connectivity index (χ1) is 2.94. The monoisotopic (exact) mass is 131 g/mol. The predicted molar refractivity (Wildman–Crippen MR) is 40.8 cm³/mol. The normalized spacial score (nSPS) is 12.9. The Morgan fingerprint density at radius 3 is 1.14 bits per heavy atom. The van der Waals surface area contributed by atoms with Crippen LogP contribution in [0.4, 0.5) is 0 Å². The maximum atomic E-state index is 2.45. The lowest BCUT2D eigenvalue weighted by Crippen LogP contribution is -2.37. The topological polar surface area (TPSA) is 0 Å². The molecule has 2 heteroatoms. The average molecular weight is 131 g/mol. The van der Waals surface area contributed by atoms with Gasteiger partial charge in [0.15, 0.2) is 0 Å². The summed E-state index contributed by atoms with van der Waals surface area (Å²) in [5.41, 5.74) is 0. The first-order valence-corrected chi connectivity index (χ1v) is 9.75. The smallest absolute Gasteiger partial charge is 0.0354 e. The van der Waals surface area contributed by atoms with Gasteiger partial charge in [-0.3, -0.25) is 0 Å². The molecule has 0 N–H and O–H groups in total. The molecular weight excluding hydrogens is 116 g/mol. The second kappa shape index (κ2) is 2.13. The van der Waals surface area contributed by atoms with Crippen molar-refractivity contribution in [1.82, 2.24) is 0 Å². The van der Waals surface area contributed by atoms with E-state index in [2.05, 4.69) is 32.7 Å². The van der Waals surface area contributed by atoms with E-state index in [-0.39, 0.29) is 8.31 Å². The SMILES string of the molecule is C[Si](C)[Si](C)(C)C. The summed E-state index contributed by atoms with van der Waals surface area (Å²) in [6, 6.07) is 0. The molecule has 0 amide bonds. The Kier molecular flexibility index (Phi) is 2.27. The van der Waals surface area contributed by atoms with Crippen molar-refractivity contribution in [3.8, 4) is 0 Å². The van der Waals surface area contributed by atoms with Crippen molar-refractivity contribution in [2.24, 2.45) is 0 Å². The summed E-state index contributed by atoms with van der Waals surface area (Å²) in [7, 11) is -0.544. The summed E-state index contributed by atoms with van der Waals surface area (Å²) in [5, 5.41) is 0. The molecule has 1 radical (unpaired) electrons. The highest BCUT2D eigenvalue weighted by Gasteiger charge is 2.18. The highest BCUT2D eigenvalue weighted by atomic mass is 29.2. The summed E-state index contributed by atoms with van der Waals surface area (Å²) < 4.78 is 0. The van der Waals surface area contributed by atoms with Gasteiger partial charge in [0.05, 0.1) is 0 Å². The van der Waals surface area contributed by atoms with E-state index in [1.54, 1.807) is 0 Å². The van der Waals surface area contributed by atoms with Crippen LogP contribution < -0.4 is 0 Å². The van der Waals surface area contributed by atoms with Crippen molar-refractivity contribution >= 4 is 15.9 Å². The molecule has 0 unspecified atom stereocenters. The van der Waals surface area contributed by atoms with Crippen LogP contribution in [0.15, 0.2) is 0 Å². The molecule has 0 aromatic carbocycles. The molecule has 0 aliphatic rings. The minimum atomic E-state index is -0.633. The molecule has 0 aliphatic heterocycles. The molecule has 0 bridgehead atoms. The van der Waals surface area contributed by atoms with Gasteiger partial charge in [-0.2, -0.15) is 0 Å². The molecule has 0 saturated carbocycles. The number of rotatable bonds is 1. The van der Waals surface area contributed by atoms with Crippen LogP contribution in [0.2, 0.25) is 32.7 Å². The standard InChI is InChI=1S/C5H15Si2/c1-6(2)7(3,4)5/h1-5H3. The van der Waals surface area contributed by atoms with E-state index in [1.807, 2.05) is 0 Å². The zero-order chi connectivity index (χ0) is 6.08. The van der Waals surface area contributed by atoms with E-state index >= 15 is 0 Å². The molecule has 0 atom stereocenters. The van der Waals surface area contributed by atoms with Crippen LogP contribution in [0.5, 0.6) is 0 Å². The Hall–Kier alpha value is 0.434. The van der Waals surface area contributed by atoms with Crippen LogP contribution in [-0.4, -0.2) is 15.9 Å². The van der Waals surface area contributed by atoms with Crippen LogP contribution in [0.25, 0.3) is 0 Å². The first kappa shape index (κ1) is 7.43. The average Bonchev–Trinajstić information content (AvgIpc) is 1.31. The van der Waals surface area contributed by atoms with Crippen molar-refractivity contribution in [1.29, 1.82) is 0 Å². The van der Waals surface area contributed by atoms with Crippen LogP contribution in [0.1, 0.15) is 0 Å². The van der Waals surface area contributed by atoms with Crippen molar-refractivity contribution in [2.75, 3.05) is 0 Å². The van der Waals surface area contributed by atoms with Gasteiger partial charge >= 0.3 is 0 Å². The van der Waals surface area contributed by atoms with Gasteiger partial charge in [0, 0.05) is 15.9 Å². The van der Waals surface area contributed by atoms with Gasteiger partial charge in [-0.15, -0.1) is 0 Å². The van der Waals surface area contributed by atoms with Crippen molar-refractivity contribution in [2.45, 2.75) is 32.7 Å². The fraction of sp³-hybridized carbons (Fsp3) is 1.00. The number of hydrogen-bond acceptors (Lipinski definition) is 0. The van der Waals surface area contributed by atoms with Crippen LogP contribution >= 0.6 is 0 Å². The molecule has 0 spiro atoms. The van der Waals surface area contributed by atoms with Gasteiger partial charge in [-0.05, 0) is 0 Å². The van der Waals surface area contributed by atoms with Crippen molar-refractivity contribution in [3.05, 3.63) is 0 Å². The molecule has 0 heterocycles. The minimum Gasteiger partial charge on any atom is -0.0733 e. The van der Waals surface area contributed by atoms with E-state index < -0.39 is 7.59 Å². The summed E-state index contributed by atoms with van der Waals surface area (Å²) in [6.07, 6.45) is 0. The van der Waals surface area contributed by atoms with Gasteiger partial charge < -0.3 is 0 Å². The van der Waals surface area contributed by atoms with E-state index in [0.29, 0.717) is 0 Å². The molecule has 7 heavy (non-hydrogen) atoms. The summed E-state index contributed by atoms with van der Waals surface area (Å²) in [6.45, 7) is 12.2. The Morgan fingerprint density at radius 1 is 1.00 bits per heavy atom. The first-order valence-electron chi connectivity index (χ1n) is 2.75. The third kappa shape index (κ3) is 3.06. The van der Waals surface area contributed by atoms with Gasteiger partial charge in [0.25, 0.3) is 0 Å². The Bertz CT molecular complexity index is 51.6. The quantitative estimate of drug-likeness (QED) is 0.478. The predicted octanol–water partition coefficient (Wildman–Crippen LogP) is 2.16. The molecule has 0 nitrogen and oxygen atoms in total. The largest absolute Gasteiger partial charge is 0.0733 e. The van der Waals surface area contributed by atoms with Gasteiger partial charge in [-0.25, -0.2) is 0 Å². The lowest BCUT2D eigenvalue weighted by atomic mass is 11.8. The van der Waals surface area contributed by atoms with Gasteiger partial charge in [0.1, 0.15) is 0 Å². The maximum absolute atomic E-state index is 2.45. The molecule has 43 valence electrons. The molecule has 0 aliphatic carbocycles. The molecule has 0 fully saturated rings. The summed E-state index contributed by atoms with van der Waals surface area (Å²) >= 11 is 0. The fourth-order valence-electron chi connectivity index (χ4n) is 0. The highest BCUT2D eigenvalue weighted by molar-refractivity contribution is 7.30. The third-order valence-electron chi connectivity index (χ3n) is 1.50. The minimum absolute atomic E-state index is 0.0887. The zero-order valence-corrected chi connectivity index (χ0v) is 8.00. The molecule has 0 aromatic heterocycles. The lowest BCUT2D eigenvalue weighted by Gasteiger charge is -2.18. The summed E-state index contributed by atoms with van der Waals surface area (Å²) in [4.78, 5) is 0. The summed E-state index contributed by atoms with van der Waals surface area (Å²) in [5.74, 6) is 0. The van der Waals surface area contributed by atoms with Crippen LogP contribution in [-0.2, 0) is 0 Å². The van der Waals surface area contributed by atoms with E-state index in [0.717, 1.165) is 0 Å². The van der Waals surface area contributed by atoms with E-state index in [1.165, 1.54) is 0 Å². The second-order valence-corrected chi connectivity index (χ2v) is 17.2. The zero-order valence-electron chi connectivity index (χ0n) is 6.00. The molecule has 0 rings (SSSR count).